The zero-order valence-electron chi connectivity index (χ0n) is 8.93. The van der Waals surface area contributed by atoms with Crippen LogP contribution in [0, 0.1) is 16.4 Å². The van der Waals surface area contributed by atoms with E-state index >= 15 is 0 Å². The van der Waals surface area contributed by atoms with E-state index in [4.69, 9.17) is 11.6 Å². The fourth-order valence-corrected chi connectivity index (χ4v) is 2.63. The highest BCUT2D eigenvalue weighted by molar-refractivity contribution is 14.1. The van der Waals surface area contributed by atoms with E-state index in [1.54, 1.807) is 0 Å². The second-order valence-corrected chi connectivity index (χ2v) is 5.82. The number of hydrogen-bond donors (Lipinski definition) is 0. The quantitative estimate of drug-likeness (QED) is 0.573. The first-order valence-corrected chi connectivity index (χ1v) is 6.73. The Morgan fingerprint density at radius 1 is 1.33 bits per heavy atom. The summed E-state index contributed by atoms with van der Waals surface area (Å²) in [5, 5.41) is 0.609. The van der Waals surface area contributed by atoms with Crippen LogP contribution in [0.5, 0.6) is 0 Å². The average Bonchev–Trinajstić information content (AvgIpc) is 2.60. The Balaban J connectivity index is 2.29. The maximum atomic E-state index is 6.08. The third-order valence-corrected chi connectivity index (χ3v) is 4.94. The smallest absolute Gasteiger partial charge is 0.146 e. The fourth-order valence-electron chi connectivity index (χ4n) is 2.17. The largest absolute Gasteiger partial charge is 0.237 e. The number of hydrogen-bond acceptors (Lipinski definition) is 2. The Labute approximate surface area is 109 Å². The molecular weight excluding hydrogens is 322 g/mol. The van der Waals surface area contributed by atoms with Crippen LogP contribution in [0.1, 0.15) is 43.6 Å². The number of halogens is 2. The second kappa shape index (κ2) is 4.53. The molecule has 0 aromatic carbocycles. The van der Waals surface area contributed by atoms with Crippen molar-refractivity contribution < 1.29 is 0 Å². The molecule has 1 saturated carbocycles. The Hall–Kier alpha value is 0.100. The van der Waals surface area contributed by atoms with Crippen LogP contribution in [-0.2, 0) is 0 Å². The van der Waals surface area contributed by atoms with Crippen LogP contribution in [-0.4, -0.2) is 9.97 Å². The molecule has 1 aromatic heterocycles. The van der Waals surface area contributed by atoms with Gasteiger partial charge in [-0.2, -0.15) is 0 Å². The Morgan fingerprint density at radius 2 is 2.07 bits per heavy atom. The van der Waals surface area contributed by atoms with E-state index in [0.717, 1.165) is 21.0 Å². The number of nitrogens with zero attached hydrogens (tertiary/aromatic N) is 2. The van der Waals surface area contributed by atoms with Crippen LogP contribution in [0.4, 0.5) is 0 Å². The van der Waals surface area contributed by atoms with E-state index in [1.807, 2.05) is 6.92 Å². The molecule has 0 spiro atoms. The highest BCUT2D eigenvalue weighted by atomic mass is 127. The van der Waals surface area contributed by atoms with E-state index in [0.29, 0.717) is 11.1 Å². The van der Waals surface area contributed by atoms with Crippen LogP contribution < -0.4 is 0 Å². The summed E-state index contributed by atoms with van der Waals surface area (Å²) in [6.07, 6.45) is 3.70. The van der Waals surface area contributed by atoms with Gasteiger partial charge in [-0.3, -0.25) is 0 Å². The van der Waals surface area contributed by atoms with Crippen molar-refractivity contribution in [2.45, 2.75) is 39.0 Å². The topological polar surface area (TPSA) is 25.8 Å². The van der Waals surface area contributed by atoms with Crippen LogP contribution in [0.25, 0.3) is 0 Å². The van der Waals surface area contributed by atoms with Crippen LogP contribution in [0.3, 0.4) is 0 Å². The molecular formula is C11H14ClIN2. The van der Waals surface area contributed by atoms with Gasteiger partial charge in [0, 0.05) is 5.92 Å². The van der Waals surface area contributed by atoms with Crippen molar-refractivity contribution in [3.63, 3.8) is 0 Å². The molecule has 2 atom stereocenters. The summed E-state index contributed by atoms with van der Waals surface area (Å²) in [4.78, 5) is 8.94. The molecule has 1 fully saturated rings. The summed E-state index contributed by atoms with van der Waals surface area (Å²) < 4.78 is 0.976. The molecule has 0 aliphatic heterocycles. The lowest BCUT2D eigenvalue weighted by atomic mass is 10.1. The Morgan fingerprint density at radius 3 is 2.60 bits per heavy atom. The highest BCUT2D eigenvalue weighted by Gasteiger charge is 2.25. The minimum Gasteiger partial charge on any atom is -0.237 e. The summed E-state index contributed by atoms with van der Waals surface area (Å²) in [5.41, 5.74) is 1.00. The van der Waals surface area contributed by atoms with Gasteiger partial charge < -0.3 is 0 Å². The Kier molecular flexibility index (Phi) is 3.50. The average molecular weight is 337 g/mol. The van der Waals surface area contributed by atoms with Gasteiger partial charge in [0.25, 0.3) is 0 Å². The monoisotopic (exact) mass is 336 g/mol. The molecule has 1 aliphatic rings. The normalized spacial score (nSPS) is 25.9. The molecule has 2 unspecified atom stereocenters. The molecule has 1 heterocycles. The summed E-state index contributed by atoms with van der Waals surface area (Å²) in [7, 11) is 0. The maximum Gasteiger partial charge on any atom is 0.146 e. The van der Waals surface area contributed by atoms with Gasteiger partial charge in [0.2, 0.25) is 0 Å². The van der Waals surface area contributed by atoms with Gasteiger partial charge in [-0.25, -0.2) is 9.97 Å². The molecule has 1 aromatic rings. The SMILES string of the molecule is Cc1nc(C2CCC(C)C2)nc(Cl)c1I. The van der Waals surface area contributed by atoms with Crippen molar-refractivity contribution in [1.82, 2.24) is 9.97 Å². The lowest BCUT2D eigenvalue weighted by Gasteiger charge is -2.10. The summed E-state index contributed by atoms with van der Waals surface area (Å²) in [5.74, 6) is 2.27. The molecule has 0 bridgehead atoms. The van der Waals surface area contributed by atoms with Gasteiger partial charge in [0.1, 0.15) is 11.0 Å². The minimum atomic E-state index is 0.521. The predicted octanol–water partition coefficient (Wildman–Crippen LogP) is 3.95. The van der Waals surface area contributed by atoms with Crippen molar-refractivity contribution in [3.05, 3.63) is 20.2 Å². The molecule has 0 radical (unpaired) electrons. The lowest BCUT2D eigenvalue weighted by molar-refractivity contribution is 0.584. The zero-order chi connectivity index (χ0) is 11.0. The van der Waals surface area contributed by atoms with Crippen molar-refractivity contribution in [2.75, 3.05) is 0 Å². The molecule has 2 rings (SSSR count). The van der Waals surface area contributed by atoms with Crippen molar-refractivity contribution in [3.8, 4) is 0 Å². The fraction of sp³-hybridized carbons (Fsp3) is 0.636. The summed E-state index contributed by atoms with van der Waals surface area (Å²) in [6.45, 7) is 4.29. The van der Waals surface area contributed by atoms with E-state index in [9.17, 15) is 0 Å². The summed E-state index contributed by atoms with van der Waals surface area (Å²) >= 11 is 8.27. The zero-order valence-corrected chi connectivity index (χ0v) is 11.8. The van der Waals surface area contributed by atoms with Crippen LogP contribution in [0.15, 0.2) is 0 Å². The molecule has 2 nitrogen and oxygen atoms in total. The number of rotatable bonds is 1. The van der Waals surface area contributed by atoms with Crippen molar-refractivity contribution in [1.29, 1.82) is 0 Å². The molecule has 82 valence electrons. The third-order valence-electron chi connectivity index (χ3n) is 3.05. The molecule has 0 saturated heterocycles. The molecule has 0 N–H and O–H groups in total. The van der Waals surface area contributed by atoms with Crippen LogP contribution in [0.2, 0.25) is 5.15 Å². The van der Waals surface area contributed by atoms with Gasteiger partial charge in [0.05, 0.1) is 9.26 Å². The first-order valence-electron chi connectivity index (χ1n) is 5.27. The minimum absolute atomic E-state index is 0.521. The third kappa shape index (κ3) is 2.44. The van der Waals surface area contributed by atoms with E-state index in [-0.39, 0.29) is 0 Å². The van der Waals surface area contributed by atoms with Crippen molar-refractivity contribution >= 4 is 34.2 Å². The number of aromatic nitrogens is 2. The van der Waals surface area contributed by atoms with Gasteiger partial charge in [-0.05, 0) is 54.7 Å². The Bertz CT molecular complexity index is 358. The van der Waals surface area contributed by atoms with Gasteiger partial charge in [0.15, 0.2) is 0 Å². The maximum absolute atomic E-state index is 6.08. The van der Waals surface area contributed by atoms with Gasteiger partial charge in [-0.15, -0.1) is 0 Å². The van der Waals surface area contributed by atoms with Crippen LogP contribution >= 0.6 is 34.2 Å². The van der Waals surface area contributed by atoms with Crippen molar-refractivity contribution in [2.24, 2.45) is 5.92 Å². The lowest BCUT2D eigenvalue weighted by Crippen LogP contribution is -2.04. The van der Waals surface area contributed by atoms with E-state index < -0.39 is 0 Å². The van der Waals surface area contributed by atoms with Gasteiger partial charge in [-0.1, -0.05) is 18.5 Å². The highest BCUT2D eigenvalue weighted by Crippen LogP contribution is 2.37. The second-order valence-electron chi connectivity index (χ2n) is 4.39. The summed E-state index contributed by atoms with van der Waals surface area (Å²) in [6, 6.07) is 0. The molecule has 1 aliphatic carbocycles. The predicted molar refractivity (Wildman–Crippen MR) is 70.3 cm³/mol. The molecule has 15 heavy (non-hydrogen) atoms. The van der Waals surface area contributed by atoms with E-state index in [2.05, 4.69) is 39.5 Å². The molecule has 4 heteroatoms. The standard InChI is InChI=1S/C11H14ClIN2/c1-6-3-4-8(5-6)11-14-7(2)9(13)10(12)15-11/h6,8H,3-5H2,1-2H3. The first-order chi connectivity index (χ1) is 7.08. The van der Waals surface area contributed by atoms with Gasteiger partial charge >= 0.3 is 0 Å². The molecule has 0 amide bonds. The van der Waals surface area contributed by atoms with E-state index in [1.165, 1.54) is 19.3 Å². The number of aryl methyl sites for hydroxylation is 1. The first kappa shape index (κ1) is 11.6.